The zero-order valence-electron chi connectivity index (χ0n) is 8.08. The van der Waals surface area contributed by atoms with E-state index in [2.05, 4.69) is 10.6 Å². The number of aliphatic carboxylic acids is 1. The van der Waals surface area contributed by atoms with Gasteiger partial charge in [-0.3, -0.25) is 9.59 Å². The SMILES string of the molecule is O=C(O)CNC(=O)C1CCCCCN1. The van der Waals surface area contributed by atoms with E-state index in [9.17, 15) is 9.59 Å². The van der Waals surface area contributed by atoms with E-state index in [-0.39, 0.29) is 18.5 Å². The molecule has 14 heavy (non-hydrogen) atoms. The normalized spacial score (nSPS) is 22.4. The second-order valence-electron chi connectivity index (χ2n) is 3.47. The standard InChI is InChI=1S/C9H16N2O3/c12-8(13)6-11-9(14)7-4-2-1-3-5-10-7/h7,10H,1-6H2,(H,11,14)(H,12,13). The lowest BCUT2D eigenvalue weighted by molar-refractivity contribution is -0.138. The number of nitrogens with one attached hydrogen (secondary N) is 2. The number of hydrogen-bond acceptors (Lipinski definition) is 3. The van der Waals surface area contributed by atoms with Crippen molar-refractivity contribution in [1.82, 2.24) is 10.6 Å². The van der Waals surface area contributed by atoms with Crippen LogP contribution in [-0.4, -0.2) is 36.1 Å². The van der Waals surface area contributed by atoms with E-state index in [1.54, 1.807) is 0 Å². The summed E-state index contributed by atoms with van der Waals surface area (Å²) in [7, 11) is 0. The fraction of sp³-hybridized carbons (Fsp3) is 0.778. The molecule has 1 aliphatic rings. The second kappa shape index (κ2) is 5.59. The van der Waals surface area contributed by atoms with Gasteiger partial charge in [0.15, 0.2) is 0 Å². The quantitative estimate of drug-likeness (QED) is 0.585. The fourth-order valence-corrected chi connectivity index (χ4v) is 1.54. The lowest BCUT2D eigenvalue weighted by atomic mass is 10.1. The van der Waals surface area contributed by atoms with Crippen LogP contribution < -0.4 is 10.6 Å². The highest BCUT2D eigenvalue weighted by Gasteiger charge is 2.19. The van der Waals surface area contributed by atoms with Gasteiger partial charge in [0, 0.05) is 0 Å². The van der Waals surface area contributed by atoms with Crippen LogP contribution in [0.1, 0.15) is 25.7 Å². The molecule has 0 radical (unpaired) electrons. The van der Waals surface area contributed by atoms with Gasteiger partial charge in [-0.25, -0.2) is 0 Å². The lowest BCUT2D eigenvalue weighted by Crippen LogP contribution is -2.45. The Kier molecular flexibility index (Phi) is 4.39. The molecule has 1 heterocycles. The van der Waals surface area contributed by atoms with Gasteiger partial charge in [0.2, 0.25) is 5.91 Å². The van der Waals surface area contributed by atoms with E-state index in [0.717, 1.165) is 32.2 Å². The van der Waals surface area contributed by atoms with Gasteiger partial charge < -0.3 is 15.7 Å². The number of amides is 1. The van der Waals surface area contributed by atoms with Crippen LogP contribution in [-0.2, 0) is 9.59 Å². The molecule has 0 aliphatic carbocycles. The van der Waals surface area contributed by atoms with Crippen molar-refractivity contribution in [3.8, 4) is 0 Å². The summed E-state index contributed by atoms with van der Waals surface area (Å²) in [6.07, 6.45) is 4.04. The highest BCUT2D eigenvalue weighted by atomic mass is 16.4. The maximum Gasteiger partial charge on any atom is 0.322 e. The Bertz CT molecular complexity index is 210. The van der Waals surface area contributed by atoms with Crippen LogP contribution in [0.5, 0.6) is 0 Å². The van der Waals surface area contributed by atoms with Gasteiger partial charge >= 0.3 is 5.97 Å². The van der Waals surface area contributed by atoms with Crippen molar-refractivity contribution in [2.75, 3.05) is 13.1 Å². The van der Waals surface area contributed by atoms with Crippen LogP contribution in [0.15, 0.2) is 0 Å². The van der Waals surface area contributed by atoms with Crippen LogP contribution in [0, 0.1) is 0 Å². The zero-order valence-corrected chi connectivity index (χ0v) is 8.08. The van der Waals surface area contributed by atoms with E-state index in [1.807, 2.05) is 0 Å². The van der Waals surface area contributed by atoms with Crippen LogP contribution >= 0.6 is 0 Å². The lowest BCUT2D eigenvalue weighted by Gasteiger charge is -2.14. The first-order valence-electron chi connectivity index (χ1n) is 4.93. The molecule has 1 rings (SSSR count). The minimum atomic E-state index is -1.01. The van der Waals surface area contributed by atoms with Crippen molar-refractivity contribution in [3.63, 3.8) is 0 Å². The van der Waals surface area contributed by atoms with E-state index < -0.39 is 5.97 Å². The van der Waals surface area contributed by atoms with Gasteiger partial charge in [-0.15, -0.1) is 0 Å². The Morgan fingerprint density at radius 3 is 2.86 bits per heavy atom. The number of carbonyl (C=O) groups excluding carboxylic acids is 1. The third-order valence-electron chi connectivity index (χ3n) is 2.29. The number of hydrogen-bond donors (Lipinski definition) is 3. The van der Waals surface area contributed by atoms with Gasteiger partial charge in [0.05, 0.1) is 6.04 Å². The van der Waals surface area contributed by atoms with Crippen LogP contribution in [0.25, 0.3) is 0 Å². The average Bonchev–Trinajstić information content (AvgIpc) is 2.42. The predicted molar refractivity (Wildman–Crippen MR) is 50.9 cm³/mol. The molecule has 0 spiro atoms. The van der Waals surface area contributed by atoms with Gasteiger partial charge in [0.25, 0.3) is 0 Å². The van der Waals surface area contributed by atoms with Crippen molar-refractivity contribution in [1.29, 1.82) is 0 Å². The van der Waals surface area contributed by atoms with Crippen molar-refractivity contribution >= 4 is 11.9 Å². The topological polar surface area (TPSA) is 78.4 Å². The molecule has 1 amide bonds. The van der Waals surface area contributed by atoms with E-state index in [1.165, 1.54) is 0 Å². The molecular formula is C9H16N2O3. The summed E-state index contributed by atoms with van der Waals surface area (Å²) in [6.45, 7) is 0.544. The first kappa shape index (κ1) is 11.0. The number of carbonyl (C=O) groups is 2. The molecule has 5 heteroatoms. The second-order valence-corrected chi connectivity index (χ2v) is 3.47. The summed E-state index contributed by atoms with van der Waals surface area (Å²) in [6, 6.07) is -0.211. The van der Waals surface area contributed by atoms with Crippen molar-refractivity contribution in [2.45, 2.75) is 31.7 Å². The molecular weight excluding hydrogens is 184 g/mol. The molecule has 80 valence electrons. The van der Waals surface area contributed by atoms with E-state index in [4.69, 9.17) is 5.11 Å². The molecule has 1 fully saturated rings. The molecule has 5 nitrogen and oxygen atoms in total. The monoisotopic (exact) mass is 200 g/mol. The summed E-state index contributed by atoms with van der Waals surface area (Å²) in [4.78, 5) is 21.6. The molecule has 1 aliphatic heterocycles. The molecule has 1 unspecified atom stereocenters. The molecule has 0 saturated carbocycles. The summed E-state index contributed by atoms with van der Waals surface area (Å²) in [5.74, 6) is -1.21. The molecule has 0 aromatic rings. The molecule has 0 bridgehead atoms. The van der Waals surface area contributed by atoms with Crippen molar-refractivity contribution in [3.05, 3.63) is 0 Å². The predicted octanol–water partition coefficient (Wildman–Crippen LogP) is -0.281. The van der Waals surface area contributed by atoms with Crippen LogP contribution in [0.4, 0.5) is 0 Å². The minimum absolute atomic E-state index is 0.200. The van der Waals surface area contributed by atoms with Crippen molar-refractivity contribution in [2.24, 2.45) is 0 Å². The smallest absolute Gasteiger partial charge is 0.322 e. The van der Waals surface area contributed by atoms with E-state index in [0.29, 0.717) is 0 Å². The molecule has 0 aromatic heterocycles. The third kappa shape index (κ3) is 3.74. The summed E-state index contributed by atoms with van der Waals surface area (Å²) < 4.78 is 0. The summed E-state index contributed by atoms with van der Waals surface area (Å²) >= 11 is 0. The zero-order chi connectivity index (χ0) is 10.4. The van der Waals surface area contributed by atoms with Gasteiger partial charge in [-0.1, -0.05) is 12.8 Å². The Labute approximate surface area is 82.9 Å². The first-order valence-corrected chi connectivity index (χ1v) is 4.93. The Hall–Kier alpha value is -1.10. The number of carboxylic acid groups (broad SMARTS) is 1. The van der Waals surface area contributed by atoms with Gasteiger partial charge in [-0.2, -0.15) is 0 Å². The Balaban J connectivity index is 2.30. The largest absolute Gasteiger partial charge is 0.480 e. The molecule has 1 atom stereocenters. The highest BCUT2D eigenvalue weighted by Crippen LogP contribution is 2.07. The maximum absolute atomic E-state index is 11.4. The average molecular weight is 200 g/mol. The van der Waals surface area contributed by atoms with Crippen LogP contribution in [0.2, 0.25) is 0 Å². The summed E-state index contributed by atoms with van der Waals surface area (Å²) in [5.41, 5.74) is 0. The fourth-order valence-electron chi connectivity index (χ4n) is 1.54. The van der Waals surface area contributed by atoms with E-state index >= 15 is 0 Å². The van der Waals surface area contributed by atoms with Gasteiger partial charge in [0.1, 0.15) is 6.54 Å². The molecule has 0 aromatic carbocycles. The molecule has 1 saturated heterocycles. The molecule has 3 N–H and O–H groups in total. The highest BCUT2D eigenvalue weighted by molar-refractivity contribution is 5.85. The van der Waals surface area contributed by atoms with Crippen molar-refractivity contribution < 1.29 is 14.7 Å². The van der Waals surface area contributed by atoms with Gasteiger partial charge in [-0.05, 0) is 19.4 Å². The summed E-state index contributed by atoms with van der Waals surface area (Å²) in [5, 5.41) is 13.9. The first-order chi connectivity index (χ1) is 6.70. The number of carboxylic acids is 1. The van der Waals surface area contributed by atoms with Crippen LogP contribution in [0.3, 0.4) is 0 Å². The Morgan fingerprint density at radius 2 is 2.14 bits per heavy atom. The number of rotatable bonds is 3. The Morgan fingerprint density at radius 1 is 1.36 bits per heavy atom. The minimum Gasteiger partial charge on any atom is -0.480 e. The maximum atomic E-state index is 11.4. The third-order valence-corrected chi connectivity index (χ3v) is 2.29.